The van der Waals surface area contributed by atoms with Crippen molar-refractivity contribution in [3.63, 3.8) is 0 Å². The number of nitrogens with zero attached hydrogens (tertiary/aromatic N) is 2. The molecule has 0 N–H and O–H groups in total. The summed E-state index contributed by atoms with van der Waals surface area (Å²) >= 11 is 0. The zero-order chi connectivity index (χ0) is 28.8. The predicted molar refractivity (Wildman–Crippen MR) is 157 cm³/mol. The van der Waals surface area contributed by atoms with Crippen LogP contribution in [0.4, 0.5) is 10.1 Å². The van der Waals surface area contributed by atoms with Crippen molar-refractivity contribution in [3.05, 3.63) is 114 Å². The average molecular weight is 553 g/mol. The molecule has 0 atom stereocenters. The number of carbonyl (C=O) groups is 3. The van der Waals surface area contributed by atoms with Gasteiger partial charge in [-0.3, -0.25) is 14.4 Å². The molecule has 210 valence electrons. The molecule has 0 aromatic heterocycles. The largest absolute Gasteiger partial charge is 0.466 e. The molecule has 0 radical (unpaired) electrons. The Balaban J connectivity index is 1.34. The zero-order valence-electron chi connectivity index (χ0n) is 23.1. The normalized spacial score (nSPS) is 13.7. The van der Waals surface area contributed by atoms with Crippen molar-refractivity contribution in [2.45, 2.75) is 32.7 Å². The molecule has 1 aliphatic rings. The highest BCUT2D eigenvalue weighted by Gasteiger charge is 2.28. The van der Waals surface area contributed by atoms with Crippen LogP contribution in [0.5, 0.6) is 0 Å². The number of ether oxygens (including phenoxy) is 1. The minimum atomic E-state index is -0.361. The van der Waals surface area contributed by atoms with Crippen LogP contribution in [0.3, 0.4) is 0 Å². The van der Waals surface area contributed by atoms with Gasteiger partial charge in [0, 0.05) is 24.3 Å². The fourth-order valence-electron chi connectivity index (χ4n) is 5.36. The first kappa shape index (κ1) is 28.0. The van der Waals surface area contributed by atoms with Crippen molar-refractivity contribution in [1.29, 1.82) is 0 Å². The monoisotopic (exact) mass is 552 g/mol. The minimum absolute atomic E-state index is 0.00325. The fourth-order valence-corrected chi connectivity index (χ4v) is 5.36. The van der Waals surface area contributed by atoms with Crippen LogP contribution >= 0.6 is 0 Å². The van der Waals surface area contributed by atoms with Gasteiger partial charge in [0.25, 0.3) is 5.91 Å². The van der Waals surface area contributed by atoms with E-state index in [-0.39, 0.29) is 42.5 Å². The summed E-state index contributed by atoms with van der Waals surface area (Å²) in [6.07, 6.45) is 1.44. The lowest BCUT2D eigenvalue weighted by molar-refractivity contribution is -0.151. The Morgan fingerprint density at radius 3 is 2.32 bits per heavy atom. The summed E-state index contributed by atoms with van der Waals surface area (Å²) in [5.74, 6) is -0.888. The maximum atomic E-state index is 14.0. The molecule has 5 rings (SSSR count). The van der Waals surface area contributed by atoms with Gasteiger partial charge < -0.3 is 14.5 Å². The van der Waals surface area contributed by atoms with Gasteiger partial charge in [-0.1, -0.05) is 60.7 Å². The Labute approximate surface area is 239 Å². The van der Waals surface area contributed by atoms with Crippen LogP contribution in [0.25, 0.3) is 10.8 Å². The third kappa shape index (κ3) is 6.62. The Kier molecular flexibility index (Phi) is 8.73. The smallest absolute Gasteiger partial charge is 0.309 e. The third-order valence-electron chi connectivity index (χ3n) is 7.57. The van der Waals surface area contributed by atoms with E-state index in [0.29, 0.717) is 49.4 Å². The number of hydrogen-bond acceptors (Lipinski definition) is 4. The molecule has 0 bridgehead atoms. The number of carbonyl (C=O) groups excluding carboxylic acids is 3. The topological polar surface area (TPSA) is 66.9 Å². The molecule has 2 amide bonds. The van der Waals surface area contributed by atoms with Gasteiger partial charge in [0.15, 0.2) is 0 Å². The lowest BCUT2D eigenvalue weighted by Crippen LogP contribution is -2.41. The number of rotatable bonds is 8. The maximum absolute atomic E-state index is 14.0. The third-order valence-corrected chi connectivity index (χ3v) is 7.57. The van der Waals surface area contributed by atoms with Crippen LogP contribution in [-0.2, 0) is 27.3 Å². The summed E-state index contributed by atoms with van der Waals surface area (Å²) < 4.78 is 19.1. The van der Waals surface area contributed by atoms with Crippen molar-refractivity contribution in [3.8, 4) is 0 Å². The molecule has 0 aliphatic carbocycles. The van der Waals surface area contributed by atoms with Gasteiger partial charge in [0.2, 0.25) is 5.91 Å². The summed E-state index contributed by atoms with van der Waals surface area (Å²) in [6, 6.07) is 27.0. The average Bonchev–Trinajstić information content (AvgIpc) is 3.00. The molecule has 41 heavy (non-hydrogen) atoms. The van der Waals surface area contributed by atoms with Crippen LogP contribution in [0.1, 0.15) is 41.3 Å². The number of likely N-dealkylation sites (tertiary alicyclic amines) is 1. The summed E-state index contributed by atoms with van der Waals surface area (Å²) in [7, 11) is 0. The zero-order valence-corrected chi connectivity index (χ0v) is 23.1. The Bertz CT molecular complexity index is 1540. The lowest BCUT2D eigenvalue weighted by Gasteiger charge is -2.31. The number of halogens is 1. The van der Waals surface area contributed by atoms with Crippen LogP contribution in [0, 0.1) is 11.7 Å². The summed E-state index contributed by atoms with van der Waals surface area (Å²) in [4.78, 5) is 42.4. The van der Waals surface area contributed by atoms with E-state index in [1.165, 1.54) is 12.1 Å². The highest BCUT2D eigenvalue weighted by atomic mass is 19.1. The number of fused-ring (bicyclic) bond motifs is 1. The minimum Gasteiger partial charge on any atom is -0.466 e. The van der Waals surface area contributed by atoms with E-state index in [0.717, 1.165) is 16.3 Å². The number of anilines is 1. The van der Waals surface area contributed by atoms with Gasteiger partial charge in [-0.2, -0.15) is 0 Å². The SMILES string of the molecule is CCOC(=O)C1CCN(C(=O)Cc2ccc(N(Cc3cccc(F)c3)C(=O)c3cccc4ccccc34)cc2)CC1. The van der Waals surface area contributed by atoms with Crippen LogP contribution in [0.15, 0.2) is 91.0 Å². The van der Waals surface area contributed by atoms with E-state index < -0.39 is 0 Å². The van der Waals surface area contributed by atoms with Gasteiger partial charge in [-0.05, 0) is 72.0 Å². The van der Waals surface area contributed by atoms with Gasteiger partial charge in [0.05, 0.1) is 25.5 Å². The number of esters is 1. The van der Waals surface area contributed by atoms with Gasteiger partial charge >= 0.3 is 5.97 Å². The molecule has 4 aromatic carbocycles. The lowest BCUT2D eigenvalue weighted by atomic mass is 9.96. The number of piperidine rings is 1. The van der Waals surface area contributed by atoms with E-state index >= 15 is 0 Å². The van der Waals surface area contributed by atoms with E-state index in [1.54, 1.807) is 34.9 Å². The van der Waals surface area contributed by atoms with Gasteiger partial charge in [-0.25, -0.2) is 4.39 Å². The molecule has 1 saturated heterocycles. The fraction of sp³-hybridized carbons (Fsp3) is 0.265. The van der Waals surface area contributed by atoms with Crippen LogP contribution < -0.4 is 4.90 Å². The van der Waals surface area contributed by atoms with Crippen molar-refractivity contribution < 1.29 is 23.5 Å². The number of hydrogen-bond donors (Lipinski definition) is 0. The Hall–Kier alpha value is -4.52. The Morgan fingerprint density at radius 2 is 1.59 bits per heavy atom. The summed E-state index contributed by atoms with van der Waals surface area (Å²) in [5.41, 5.74) is 2.71. The molecular formula is C34H33FN2O4. The summed E-state index contributed by atoms with van der Waals surface area (Å²) in [5, 5.41) is 1.81. The summed E-state index contributed by atoms with van der Waals surface area (Å²) in [6.45, 7) is 3.40. The van der Waals surface area contributed by atoms with Gasteiger partial charge in [0.1, 0.15) is 5.82 Å². The molecule has 7 heteroatoms. The highest BCUT2D eigenvalue weighted by molar-refractivity contribution is 6.14. The second kappa shape index (κ2) is 12.8. The molecule has 1 fully saturated rings. The van der Waals surface area contributed by atoms with Crippen molar-refractivity contribution in [2.75, 3.05) is 24.6 Å². The maximum Gasteiger partial charge on any atom is 0.309 e. The first-order valence-electron chi connectivity index (χ1n) is 14.0. The van der Waals surface area contributed by atoms with Crippen molar-refractivity contribution >= 4 is 34.2 Å². The highest BCUT2D eigenvalue weighted by Crippen LogP contribution is 2.26. The first-order chi connectivity index (χ1) is 19.9. The molecule has 0 saturated carbocycles. The standard InChI is InChI=1S/C34H33FN2O4/c1-2-41-34(40)27-17-19-36(20-18-27)32(38)22-24-13-15-29(16-14-24)37(23-25-7-5-10-28(35)21-25)33(39)31-12-6-9-26-8-3-4-11-30(26)31/h3-16,21,27H,2,17-20,22-23H2,1H3. The second-order valence-corrected chi connectivity index (χ2v) is 10.3. The van der Waals surface area contributed by atoms with Crippen LogP contribution in [0.2, 0.25) is 0 Å². The second-order valence-electron chi connectivity index (χ2n) is 10.3. The molecule has 4 aromatic rings. The first-order valence-corrected chi connectivity index (χ1v) is 14.0. The van der Waals surface area contributed by atoms with Crippen molar-refractivity contribution in [2.24, 2.45) is 5.92 Å². The van der Waals surface area contributed by atoms with E-state index in [4.69, 9.17) is 4.74 Å². The molecular weight excluding hydrogens is 519 g/mol. The van der Waals surface area contributed by atoms with E-state index in [2.05, 4.69) is 0 Å². The predicted octanol–water partition coefficient (Wildman–Crippen LogP) is 6.17. The molecule has 6 nitrogen and oxygen atoms in total. The molecule has 1 aliphatic heterocycles. The van der Waals surface area contributed by atoms with Crippen LogP contribution in [-0.4, -0.2) is 42.4 Å². The Morgan fingerprint density at radius 1 is 0.878 bits per heavy atom. The molecule has 0 spiro atoms. The van der Waals surface area contributed by atoms with E-state index in [1.807, 2.05) is 60.7 Å². The number of benzene rings is 4. The molecule has 1 heterocycles. The van der Waals surface area contributed by atoms with E-state index in [9.17, 15) is 18.8 Å². The van der Waals surface area contributed by atoms with Crippen molar-refractivity contribution in [1.82, 2.24) is 4.90 Å². The molecule has 0 unspecified atom stereocenters. The van der Waals surface area contributed by atoms with Gasteiger partial charge in [-0.15, -0.1) is 0 Å². The quantitative estimate of drug-likeness (QED) is 0.245. The number of amides is 2.